The summed E-state index contributed by atoms with van der Waals surface area (Å²) in [4.78, 5) is 37.6. The Balaban J connectivity index is 4.40. The van der Waals surface area contributed by atoms with Crippen LogP contribution in [0.1, 0.15) is 188 Å². The number of hydrogen-bond donors (Lipinski definition) is 0. The smallest absolute Gasteiger partial charge is 0.306 e. The van der Waals surface area contributed by atoms with Crippen LogP contribution in [0.15, 0.2) is 97.2 Å². The topological polar surface area (TPSA) is 78.9 Å². The van der Waals surface area contributed by atoms with Gasteiger partial charge in [0.25, 0.3) is 0 Å². The molecule has 0 fully saturated rings. The summed E-state index contributed by atoms with van der Waals surface area (Å²) in [5.74, 6) is -0.999. The summed E-state index contributed by atoms with van der Waals surface area (Å²) in [5, 5.41) is 0. The molecule has 0 bridgehead atoms. The number of hydrogen-bond acceptors (Lipinski definition) is 6. The van der Waals surface area contributed by atoms with E-state index in [1.54, 1.807) is 0 Å². The van der Waals surface area contributed by atoms with Crippen molar-refractivity contribution in [2.45, 2.75) is 194 Å². The van der Waals surface area contributed by atoms with E-state index in [0.29, 0.717) is 12.8 Å². The summed E-state index contributed by atoms with van der Waals surface area (Å²) in [7, 11) is 0. The van der Waals surface area contributed by atoms with E-state index in [4.69, 9.17) is 14.2 Å². The van der Waals surface area contributed by atoms with E-state index in [1.807, 2.05) is 0 Å². The highest BCUT2D eigenvalue weighted by Crippen LogP contribution is 2.12. The summed E-state index contributed by atoms with van der Waals surface area (Å²) in [5.41, 5.74) is 0. The number of esters is 3. The van der Waals surface area contributed by atoms with Gasteiger partial charge in [0.15, 0.2) is 6.10 Å². The average Bonchev–Trinajstić information content (AvgIpc) is 3.21. The molecule has 0 saturated carbocycles. The van der Waals surface area contributed by atoms with Crippen LogP contribution in [0.4, 0.5) is 0 Å². The lowest BCUT2D eigenvalue weighted by Gasteiger charge is -2.18. The normalized spacial score (nSPS) is 13.0. The fourth-order valence-corrected chi connectivity index (χ4v) is 5.68. The summed E-state index contributed by atoms with van der Waals surface area (Å²) in [6, 6.07) is 0. The van der Waals surface area contributed by atoms with Crippen molar-refractivity contribution in [1.82, 2.24) is 0 Å². The Morgan fingerprint density at radius 3 is 1.23 bits per heavy atom. The summed E-state index contributed by atoms with van der Waals surface area (Å²) in [6.45, 7) is 6.25. The summed E-state index contributed by atoms with van der Waals surface area (Å²) < 4.78 is 16.6. The molecule has 0 N–H and O–H groups in total. The van der Waals surface area contributed by atoms with Crippen molar-refractivity contribution in [1.29, 1.82) is 0 Å². The predicted octanol–water partition coefficient (Wildman–Crippen LogP) is 14.6. The minimum absolute atomic E-state index is 0.108. The number of ether oxygens (including phenoxy) is 3. The highest BCUT2D eigenvalue weighted by molar-refractivity contribution is 5.71. The third-order valence-corrected chi connectivity index (χ3v) is 9.08. The van der Waals surface area contributed by atoms with Crippen molar-refractivity contribution < 1.29 is 28.6 Å². The van der Waals surface area contributed by atoms with Crippen molar-refractivity contribution in [3.05, 3.63) is 97.2 Å². The van der Waals surface area contributed by atoms with Crippen LogP contribution in [0.25, 0.3) is 0 Å². The van der Waals surface area contributed by atoms with Crippen molar-refractivity contribution in [3.63, 3.8) is 0 Å². The van der Waals surface area contributed by atoms with Crippen LogP contribution in [-0.2, 0) is 28.6 Å². The molecule has 1 atom stereocenters. The van der Waals surface area contributed by atoms with Gasteiger partial charge in [-0.15, -0.1) is 0 Å². The van der Waals surface area contributed by atoms with E-state index in [1.165, 1.54) is 25.7 Å². The maximum absolute atomic E-state index is 12.7. The predicted molar refractivity (Wildman–Crippen MR) is 242 cm³/mol. The van der Waals surface area contributed by atoms with Gasteiger partial charge in [-0.1, -0.05) is 163 Å². The number of unbranched alkanes of at least 4 members (excludes halogenated alkanes) is 13. The van der Waals surface area contributed by atoms with Gasteiger partial charge in [-0.3, -0.25) is 14.4 Å². The SMILES string of the molecule is CC/C=C\C/C=C\C/C=C\C/C=C\CCCCCCCCC(=O)OCC(COC(=O)CCCC/C=C\C/C=C\CC)OC(=O)CCCCC/C=C\C=C/CCCC. The van der Waals surface area contributed by atoms with Crippen molar-refractivity contribution in [2.75, 3.05) is 13.2 Å². The molecule has 0 rings (SSSR count). The Bertz CT molecular complexity index is 1180. The molecule has 0 radical (unpaired) electrons. The van der Waals surface area contributed by atoms with Gasteiger partial charge in [-0.2, -0.15) is 0 Å². The molecule has 6 heteroatoms. The molecule has 57 heavy (non-hydrogen) atoms. The number of allylic oxidation sites excluding steroid dienone is 16. The quantitative estimate of drug-likeness (QED) is 0.0203. The molecule has 0 aromatic carbocycles. The molecule has 0 spiro atoms. The molecular formula is C51H82O6. The van der Waals surface area contributed by atoms with Crippen LogP contribution >= 0.6 is 0 Å². The standard InChI is InChI=1S/C51H82O6/c1-4-7-10-13-16-19-21-22-23-24-25-26-27-28-30-32-35-38-41-44-50(53)56-47-48(46-55-49(52)43-40-37-34-31-18-15-12-9-6-3)57-51(54)45-42-39-36-33-29-20-17-14-11-8-5-2/h7,9-10,12,14,16-20,22-23,25-26,29,31,48H,4-6,8,11,13,15,21,24,27-28,30,32-47H2,1-3H3/b10-7-,12-9-,17-14-,19-16-,23-22-,26-25-,29-20-,31-18-. The third-order valence-electron chi connectivity index (χ3n) is 9.08. The van der Waals surface area contributed by atoms with Gasteiger partial charge in [0.1, 0.15) is 13.2 Å². The lowest BCUT2D eigenvalue weighted by Crippen LogP contribution is -2.30. The first-order chi connectivity index (χ1) is 28.0. The van der Waals surface area contributed by atoms with Crippen LogP contribution in [0.3, 0.4) is 0 Å². The van der Waals surface area contributed by atoms with Gasteiger partial charge in [0.2, 0.25) is 0 Å². The summed E-state index contributed by atoms with van der Waals surface area (Å²) >= 11 is 0. The first-order valence-electron chi connectivity index (χ1n) is 22.8. The lowest BCUT2D eigenvalue weighted by molar-refractivity contribution is -0.167. The number of rotatable bonds is 39. The first kappa shape index (κ1) is 53.3. The van der Waals surface area contributed by atoms with Crippen LogP contribution < -0.4 is 0 Å². The second-order valence-electron chi connectivity index (χ2n) is 14.6. The van der Waals surface area contributed by atoms with Gasteiger partial charge in [0.05, 0.1) is 0 Å². The number of carbonyl (C=O) groups excluding carboxylic acids is 3. The van der Waals surface area contributed by atoms with Crippen LogP contribution in [-0.4, -0.2) is 37.2 Å². The second kappa shape index (κ2) is 45.0. The molecule has 1 unspecified atom stereocenters. The van der Waals surface area contributed by atoms with Crippen molar-refractivity contribution >= 4 is 17.9 Å². The van der Waals surface area contributed by atoms with Crippen molar-refractivity contribution in [2.24, 2.45) is 0 Å². The highest BCUT2D eigenvalue weighted by Gasteiger charge is 2.19. The highest BCUT2D eigenvalue weighted by atomic mass is 16.6. The molecule has 0 aliphatic rings. The fraction of sp³-hybridized carbons (Fsp3) is 0.627. The molecular weight excluding hydrogens is 709 g/mol. The molecule has 0 aromatic rings. The van der Waals surface area contributed by atoms with E-state index in [9.17, 15) is 14.4 Å². The molecule has 0 aromatic heterocycles. The van der Waals surface area contributed by atoms with Crippen LogP contribution in [0, 0.1) is 0 Å². The molecule has 0 aliphatic carbocycles. The number of carbonyl (C=O) groups is 3. The van der Waals surface area contributed by atoms with Crippen LogP contribution in [0.5, 0.6) is 0 Å². The average molecular weight is 791 g/mol. The summed E-state index contributed by atoms with van der Waals surface area (Å²) in [6.07, 6.45) is 58.3. The van der Waals surface area contributed by atoms with Gasteiger partial charge in [0, 0.05) is 19.3 Å². The molecule has 0 amide bonds. The van der Waals surface area contributed by atoms with Crippen LogP contribution in [0.2, 0.25) is 0 Å². The van der Waals surface area contributed by atoms with E-state index >= 15 is 0 Å². The third kappa shape index (κ3) is 43.3. The van der Waals surface area contributed by atoms with E-state index in [2.05, 4.69) is 118 Å². The molecule has 322 valence electrons. The minimum Gasteiger partial charge on any atom is -0.462 e. The second-order valence-corrected chi connectivity index (χ2v) is 14.6. The molecule has 0 saturated heterocycles. The maximum Gasteiger partial charge on any atom is 0.306 e. The Morgan fingerprint density at radius 1 is 0.386 bits per heavy atom. The Hall–Kier alpha value is -3.67. The van der Waals surface area contributed by atoms with Gasteiger partial charge >= 0.3 is 17.9 Å². The molecule has 0 aliphatic heterocycles. The monoisotopic (exact) mass is 791 g/mol. The lowest BCUT2D eigenvalue weighted by atomic mass is 10.1. The van der Waals surface area contributed by atoms with Gasteiger partial charge in [-0.05, 0) is 103 Å². The Kier molecular flexibility index (Phi) is 42.1. The van der Waals surface area contributed by atoms with E-state index in [-0.39, 0.29) is 37.5 Å². The van der Waals surface area contributed by atoms with E-state index < -0.39 is 6.10 Å². The first-order valence-corrected chi connectivity index (χ1v) is 22.8. The van der Waals surface area contributed by atoms with Gasteiger partial charge < -0.3 is 14.2 Å². The molecule has 6 nitrogen and oxygen atoms in total. The maximum atomic E-state index is 12.7. The zero-order valence-electron chi connectivity index (χ0n) is 36.6. The largest absolute Gasteiger partial charge is 0.462 e. The Morgan fingerprint density at radius 2 is 0.737 bits per heavy atom. The zero-order chi connectivity index (χ0) is 41.5. The zero-order valence-corrected chi connectivity index (χ0v) is 36.6. The Labute approximate surface area is 349 Å². The van der Waals surface area contributed by atoms with E-state index in [0.717, 1.165) is 122 Å². The van der Waals surface area contributed by atoms with Crippen molar-refractivity contribution in [3.8, 4) is 0 Å². The van der Waals surface area contributed by atoms with Gasteiger partial charge in [-0.25, -0.2) is 0 Å². The minimum atomic E-state index is -0.808. The fourth-order valence-electron chi connectivity index (χ4n) is 5.68. The molecule has 0 heterocycles.